The number of carbonyl (C=O) groups excluding carboxylic acids is 1. The van der Waals surface area contributed by atoms with Crippen LogP contribution in [-0.2, 0) is 16.6 Å². The molecule has 0 aliphatic rings. The summed E-state index contributed by atoms with van der Waals surface area (Å²) >= 11 is 0. The van der Waals surface area contributed by atoms with Crippen molar-refractivity contribution in [2.45, 2.75) is 19.4 Å². The predicted octanol–water partition coefficient (Wildman–Crippen LogP) is 2.08. The van der Waals surface area contributed by atoms with E-state index in [0.717, 1.165) is 0 Å². The zero-order valence-corrected chi connectivity index (χ0v) is 11.3. The molecule has 0 saturated carbocycles. The van der Waals surface area contributed by atoms with Gasteiger partial charge in [0.1, 0.15) is 5.54 Å². The average Bonchev–Trinajstić information content (AvgIpc) is 2.74. The molecule has 0 aliphatic carbocycles. The number of ether oxygens (including phenoxy) is 1. The lowest BCUT2D eigenvalue weighted by Gasteiger charge is -2.24. The molecule has 0 bridgehead atoms. The van der Waals surface area contributed by atoms with Crippen LogP contribution in [0.15, 0.2) is 18.3 Å². The molecule has 1 aromatic heterocycles. The van der Waals surface area contributed by atoms with Gasteiger partial charge >= 0.3 is 5.97 Å². The van der Waals surface area contributed by atoms with Crippen LogP contribution in [0.4, 0.5) is 10.1 Å². The van der Waals surface area contributed by atoms with Crippen LogP contribution >= 0.6 is 0 Å². The predicted molar refractivity (Wildman–Crippen MR) is 70.4 cm³/mol. The number of aryl methyl sites for hydroxylation is 1. The second kappa shape index (κ2) is 4.53. The third kappa shape index (κ3) is 2.25. The molecule has 0 aliphatic heterocycles. The zero-order chi connectivity index (χ0) is 14.2. The van der Waals surface area contributed by atoms with Gasteiger partial charge in [-0.2, -0.15) is 5.10 Å². The van der Waals surface area contributed by atoms with Crippen LogP contribution in [0.3, 0.4) is 0 Å². The molecular formula is C13H16FN3O2. The van der Waals surface area contributed by atoms with Crippen LogP contribution in [0.25, 0.3) is 10.9 Å². The van der Waals surface area contributed by atoms with Crippen molar-refractivity contribution in [1.82, 2.24) is 9.78 Å². The molecule has 0 amide bonds. The maximum absolute atomic E-state index is 14.3. The first-order valence-electron chi connectivity index (χ1n) is 5.83. The summed E-state index contributed by atoms with van der Waals surface area (Å²) < 4.78 is 20.6. The van der Waals surface area contributed by atoms with Crippen molar-refractivity contribution in [2.75, 3.05) is 12.4 Å². The van der Waals surface area contributed by atoms with E-state index in [9.17, 15) is 9.18 Å². The van der Waals surface area contributed by atoms with Gasteiger partial charge in [-0.05, 0) is 26.0 Å². The summed E-state index contributed by atoms with van der Waals surface area (Å²) in [6.07, 6.45) is 1.46. The number of hydrogen-bond donors (Lipinski definition) is 1. The first-order chi connectivity index (χ1) is 8.86. The molecule has 0 unspecified atom stereocenters. The van der Waals surface area contributed by atoms with E-state index in [0.29, 0.717) is 10.9 Å². The van der Waals surface area contributed by atoms with Gasteiger partial charge in [0, 0.05) is 7.05 Å². The Labute approximate surface area is 110 Å². The Hall–Kier alpha value is -2.11. The van der Waals surface area contributed by atoms with Crippen molar-refractivity contribution in [2.24, 2.45) is 7.05 Å². The van der Waals surface area contributed by atoms with Crippen molar-refractivity contribution >= 4 is 22.6 Å². The molecule has 2 rings (SSSR count). The van der Waals surface area contributed by atoms with Crippen LogP contribution < -0.4 is 5.32 Å². The molecule has 1 aromatic carbocycles. The number of halogens is 1. The van der Waals surface area contributed by atoms with Gasteiger partial charge in [-0.25, -0.2) is 9.18 Å². The van der Waals surface area contributed by atoms with Gasteiger partial charge in [0.15, 0.2) is 5.82 Å². The van der Waals surface area contributed by atoms with Crippen LogP contribution in [0.5, 0.6) is 0 Å². The standard InChI is InChI=1S/C13H16FN3O2/c1-13(2,12(18)19-4)16-9-5-6-10-8(11(9)14)7-15-17(10)3/h5-7,16H,1-4H3. The maximum Gasteiger partial charge on any atom is 0.330 e. The molecule has 6 heteroatoms. The fourth-order valence-corrected chi connectivity index (χ4v) is 1.93. The Morgan fingerprint density at radius 2 is 2.16 bits per heavy atom. The highest BCUT2D eigenvalue weighted by Crippen LogP contribution is 2.26. The quantitative estimate of drug-likeness (QED) is 0.863. The number of benzene rings is 1. The fourth-order valence-electron chi connectivity index (χ4n) is 1.93. The molecule has 2 aromatic rings. The maximum atomic E-state index is 14.3. The van der Waals surface area contributed by atoms with Crippen LogP contribution in [0.1, 0.15) is 13.8 Å². The molecule has 0 atom stereocenters. The largest absolute Gasteiger partial charge is 0.467 e. The molecule has 0 radical (unpaired) electrons. The normalized spacial score (nSPS) is 11.6. The molecule has 0 saturated heterocycles. The summed E-state index contributed by atoms with van der Waals surface area (Å²) in [4.78, 5) is 11.6. The summed E-state index contributed by atoms with van der Waals surface area (Å²) in [5.74, 6) is -0.888. The second-order valence-electron chi connectivity index (χ2n) is 4.87. The Bertz CT molecular complexity index is 634. The van der Waals surface area contributed by atoms with Crippen molar-refractivity contribution in [3.8, 4) is 0 Å². The first kappa shape index (κ1) is 13.3. The number of anilines is 1. The van der Waals surface area contributed by atoms with E-state index in [4.69, 9.17) is 0 Å². The SMILES string of the molecule is COC(=O)C(C)(C)Nc1ccc2c(cnn2C)c1F. The van der Waals surface area contributed by atoms with Gasteiger partial charge < -0.3 is 10.1 Å². The van der Waals surface area contributed by atoms with E-state index in [1.165, 1.54) is 13.3 Å². The van der Waals surface area contributed by atoms with Crippen molar-refractivity contribution in [1.29, 1.82) is 0 Å². The molecular weight excluding hydrogens is 249 g/mol. The lowest BCUT2D eigenvalue weighted by atomic mass is 10.1. The second-order valence-corrected chi connectivity index (χ2v) is 4.87. The topological polar surface area (TPSA) is 56.1 Å². The number of methoxy groups -OCH3 is 1. The van der Waals surface area contributed by atoms with E-state index < -0.39 is 17.3 Å². The average molecular weight is 265 g/mol. The Kier molecular flexibility index (Phi) is 3.18. The minimum Gasteiger partial charge on any atom is -0.467 e. The van der Waals surface area contributed by atoms with Gasteiger partial charge in [-0.15, -0.1) is 0 Å². The Morgan fingerprint density at radius 1 is 1.47 bits per heavy atom. The molecule has 5 nitrogen and oxygen atoms in total. The van der Waals surface area contributed by atoms with Crippen molar-refractivity contribution in [3.63, 3.8) is 0 Å². The van der Waals surface area contributed by atoms with Gasteiger partial charge in [-0.3, -0.25) is 4.68 Å². The van der Waals surface area contributed by atoms with Crippen LogP contribution in [0.2, 0.25) is 0 Å². The summed E-state index contributed by atoms with van der Waals surface area (Å²) in [6.45, 7) is 3.26. The number of nitrogens with one attached hydrogen (secondary N) is 1. The van der Waals surface area contributed by atoms with Crippen molar-refractivity contribution in [3.05, 3.63) is 24.1 Å². The molecule has 19 heavy (non-hydrogen) atoms. The van der Waals surface area contributed by atoms with Crippen LogP contribution in [-0.4, -0.2) is 28.4 Å². The molecule has 1 N–H and O–H groups in total. The number of fused-ring (bicyclic) bond motifs is 1. The first-order valence-corrected chi connectivity index (χ1v) is 5.83. The zero-order valence-electron chi connectivity index (χ0n) is 11.3. The van der Waals surface area contributed by atoms with Gasteiger partial charge in [0.2, 0.25) is 0 Å². The van der Waals surface area contributed by atoms with Gasteiger partial charge in [0.25, 0.3) is 0 Å². The molecule has 1 heterocycles. The summed E-state index contributed by atoms with van der Waals surface area (Å²) in [5, 5.41) is 7.27. The van der Waals surface area contributed by atoms with E-state index in [1.807, 2.05) is 0 Å². The number of rotatable bonds is 3. The molecule has 0 spiro atoms. The minimum atomic E-state index is -1.01. The van der Waals surface area contributed by atoms with Gasteiger partial charge in [-0.1, -0.05) is 0 Å². The lowest BCUT2D eigenvalue weighted by molar-refractivity contribution is -0.144. The number of nitrogens with zero attached hydrogens (tertiary/aromatic N) is 2. The molecule has 0 fully saturated rings. The van der Waals surface area contributed by atoms with Crippen molar-refractivity contribution < 1.29 is 13.9 Å². The lowest BCUT2D eigenvalue weighted by Crippen LogP contribution is -2.41. The minimum absolute atomic E-state index is 0.246. The third-order valence-corrected chi connectivity index (χ3v) is 3.01. The number of carbonyl (C=O) groups is 1. The summed E-state index contributed by atoms with van der Waals surface area (Å²) in [5.41, 5.74) is -0.0688. The van der Waals surface area contributed by atoms with E-state index in [1.54, 1.807) is 37.7 Å². The highest BCUT2D eigenvalue weighted by molar-refractivity contribution is 5.87. The summed E-state index contributed by atoms with van der Waals surface area (Å²) in [7, 11) is 3.04. The van der Waals surface area contributed by atoms with E-state index in [-0.39, 0.29) is 5.69 Å². The monoisotopic (exact) mass is 265 g/mol. The number of esters is 1. The third-order valence-electron chi connectivity index (χ3n) is 3.01. The number of aromatic nitrogens is 2. The fraction of sp³-hybridized carbons (Fsp3) is 0.385. The Balaban J connectivity index is 2.41. The van der Waals surface area contributed by atoms with Crippen LogP contribution in [0, 0.1) is 5.82 Å². The summed E-state index contributed by atoms with van der Waals surface area (Å²) in [6, 6.07) is 3.34. The Morgan fingerprint density at radius 3 is 2.79 bits per heavy atom. The number of hydrogen-bond acceptors (Lipinski definition) is 4. The van der Waals surface area contributed by atoms with E-state index >= 15 is 0 Å². The highest BCUT2D eigenvalue weighted by Gasteiger charge is 2.29. The van der Waals surface area contributed by atoms with E-state index in [2.05, 4.69) is 15.2 Å². The smallest absolute Gasteiger partial charge is 0.330 e. The highest BCUT2D eigenvalue weighted by atomic mass is 19.1. The molecule has 102 valence electrons. The van der Waals surface area contributed by atoms with Gasteiger partial charge in [0.05, 0.1) is 29.9 Å².